The van der Waals surface area contributed by atoms with Gasteiger partial charge in [0.25, 0.3) is 10.0 Å². The number of benzene rings is 3. The van der Waals surface area contributed by atoms with Crippen molar-refractivity contribution in [1.29, 1.82) is 0 Å². The number of carbonyl (C=O) groups excluding carboxylic acids is 1. The number of hydrogen-bond donors (Lipinski definition) is 1. The molecule has 170 valence electrons. The summed E-state index contributed by atoms with van der Waals surface area (Å²) in [6.45, 7) is 2.94. The van der Waals surface area contributed by atoms with Crippen molar-refractivity contribution < 1.29 is 22.7 Å². The lowest BCUT2D eigenvalue weighted by Crippen LogP contribution is -2.20. The Hall–Kier alpha value is -3.62. The number of nitrogens with zero attached hydrogens (tertiary/aromatic N) is 1. The summed E-state index contributed by atoms with van der Waals surface area (Å²) in [7, 11) is -3.69. The standard InChI is InChI=1S/C25H24N2O5S/c1-19(28)32-21-8-5-7-20(17-21)18-26-14-16-31-25-12-6-11-24-23(25)13-15-27(24)33(29,30)22-9-3-2-4-10-22/h2-13,15,17,26H,14,16,18H2,1H3. The number of carbonyl (C=O) groups is 1. The minimum Gasteiger partial charge on any atom is -0.492 e. The van der Waals surface area contributed by atoms with Crippen molar-refractivity contribution in [2.24, 2.45) is 0 Å². The number of rotatable bonds is 9. The Morgan fingerprint density at radius 3 is 2.55 bits per heavy atom. The summed E-state index contributed by atoms with van der Waals surface area (Å²) in [5, 5.41) is 4.01. The van der Waals surface area contributed by atoms with E-state index in [1.807, 2.05) is 24.3 Å². The highest BCUT2D eigenvalue weighted by molar-refractivity contribution is 7.90. The second-order valence-electron chi connectivity index (χ2n) is 7.38. The molecule has 0 saturated heterocycles. The number of hydrogen-bond acceptors (Lipinski definition) is 6. The third-order valence-corrected chi connectivity index (χ3v) is 6.69. The molecule has 0 bridgehead atoms. The van der Waals surface area contributed by atoms with Crippen molar-refractivity contribution in [3.63, 3.8) is 0 Å². The molecule has 0 saturated carbocycles. The topological polar surface area (TPSA) is 86.6 Å². The summed E-state index contributed by atoms with van der Waals surface area (Å²) >= 11 is 0. The molecule has 7 nitrogen and oxygen atoms in total. The lowest BCUT2D eigenvalue weighted by Gasteiger charge is -2.11. The van der Waals surface area contributed by atoms with E-state index in [1.165, 1.54) is 10.9 Å². The molecule has 0 aliphatic rings. The average molecular weight is 465 g/mol. The van der Waals surface area contributed by atoms with Crippen LogP contribution in [-0.2, 0) is 21.4 Å². The second kappa shape index (κ2) is 9.89. The minimum absolute atomic E-state index is 0.232. The second-order valence-corrected chi connectivity index (χ2v) is 9.20. The molecule has 0 aliphatic heterocycles. The monoisotopic (exact) mass is 464 g/mol. The first-order valence-electron chi connectivity index (χ1n) is 10.5. The minimum atomic E-state index is -3.69. The van der Waals surface area contributed by atoms with Gasteiger partial charge in [-0.25, -0.2) is 12.4 Å². The molecule has 1 aromatic heterocycles. The molecule has 0 radical (unpaired) electrons. The van der Waals surface area contributed by atoms with E-state index in [-0.39, 0.29) is 10.9 Å². The van der Waals surface area contributed by atoms with Crippen LogP contribution in [0.1, 0.15) is 12.5 Å². The van der Waals surface area contributed by atoms with Crippen LogP contribution in [0.5, 0.6) is 11.5 Å². The zero-order valence-corrected chi connectivity index (χ0v) is 18.9. The predicted molar refractivity (Wildman–Crippen MR) is 126 cm³/mol. The molecular formula is C25H24N2O5S. The third kappa shape index (κ3) is 5.24. The van der Waals surface area contributed by atoms with Gasteiger partial charge in [-0.1, -0.05) is 36.4 Å². The Morgan fingerprint density at radius 1 is 0.970 bits per heavy atom. The Bertz CT molecular complexity index is 1360. The number of fused-ring (bicyclic) bond motifs is 1. The molecule has 4 aromatic rings. The average Bonchev–Trinajstić information content (AvgIpc) is 3.25. The van der Waals surface area contributed by atoms with Gasteiger partial charge in [-0.3, -0.25) is 4.79 Å². The van der Waals surface area contributed by atoms with E-state index < -0.39 is 10.0 Å². The third-order valence-electron chi connectivity index (χ3n) is 4.98. The van der Waals surface area contributed by atoms with Crippen LogP contribution in [0.2, 0.25) is 0 Å². The molecule has 0 aliphatic carbocycles. The molecular weight excluding hydrogens is 440 g/mol. The quantitative estimate of drug-likeness (QED) is 0.229. The van der Waals surface area contributed by atoms with Crippen molar-refractivity contribution in [2.45, 2.75) is 18.4 Å². The van der Waals surface area contributed by atoms with Crippen LogP contribution in [0.15, 0.2) is 90.0 Å². The van der Waals surface area contributed by atoms with Crippen LogP contribution in [0.4, 0.5) is 0 Å². The fourth-order valence-corrected chi connectivity index (χ4v) is 4.87. The van der Waals surface area contributed by atoms with Crippen molar-refractivity contribution in [2.75, 3.05) is 13.2 Å². The summed E-state index contributed by atoms with van der Waals surface area (Å²) in [6.07, 6.45) is 1.55. The smallest absolute Gasteiger partial charge is 0.308 e. The van der Waals surface area contributed by atoms with Gasteiger partial charge < -0.3 is 14.8 Å². The van der Waals surface area contributed by atoms with Crippen LogP contribution in [0.3, 0.4) is 0 Å². The summed E-state index contributed by atoms with van der Waals surface area (Å²) in [6, 6.07) is 22.8. The van der Waals surface area contributed by atoms with E-state index in [2.05, 4.69) is 5.32 Å². The molecule has 1 N–H and O–H groups in total. The zero-order chi connectivity index (χ0) is 23.3. The first-order chi connectivity index (χ1) is 15.9. The maximum Gasteiger partial charge on any atom is 0.308 e. The van der Waals surface area contributed by atoms with E-state index in [0.29, 0.717) is 36.7 Å². The first kappa shape index (κ1) is 22.6. The molecule has 0 atom stereocenters. The molecule has 0 unspecified atom stereocenters. The van der Waals surface area contributed by atoms with Crippen molar-refractivity contribution in [3.8, 4) is 11.5 Å². The fourth-order valence-electron chi connectivity index (χ4n) is 3.51. The van der Waals surface area contributed by atoms with Crippen molar-refractivity contribution in [1.82, 2.24) is 9.29 Å². The van der Waals surface area contributed by atoms with Gasteiger partial charge in [0.2, 0.25) is 0 Å². The number of ether oxygens (including phenoxy) is 2. The Morgan fingerprint density at radius 2 is 1.76 bits per heavy atom. The van der Waals surface area contributed by atoms with Gasteiger partial charge in [0.15, 0.2) is 0 Å². The fraction of sp³-hybridized carbons (Fsp3) is 0.160. The van der Waals surface area contributed by atoms with Crippen molar-refractivity contribution in [3.05, 3.63) is 90.6 Å². The largest absolute Gasteiger partial charge is 0.492 e. The number of aromatic nitrogens is 1. The highest BCUT2D eigenvalue weighted by Gasteiger charge is 2.19. The molecule has 4 rings (SSSR count). The van der Waals surface area contributed by atoms with E-state index in [1.54, 1.807) is 60.8 Å². The summed E-state index contributed by atoms with van der Waals surface area (Å²) in [5.74, 6) is 0.779. The van der Waals surface area contributed by atoms with Gasteiger partial charge in [0, 0.05) is 31.6 Å². The van der Waals surface area contributed by atoms with Crippen LogP contribution < -0.4 is 14.8 Å². The zero-order valence-electron chi connectivity index (χ0n) is 18.1. The maximum atomic E-state index is 13.0. The number of esters is 1. The first-order valence-corrected chi connectivity index (χ1v) is 11.9. The van der Waals surface area contributed by atoms with Gasteiger partial charge in [0.1, 0.15) is 18.1 Å². The van der Waals surface area contributed by atoms with E-state index in [9.17, 15) is 13.2 Å². The van der Waals surface area contributed by atoms with E-state index in [0.717, 1.165) is 10.9 Å². The lowest BCUT2D eigenvalue weighted by atomic mass is 10.2. The molecule has 0 amide bonds. The van der Waals surface area contributed by atoms with Crippen LogP contribution in [0, 0.1) is 0 Å². The molecule has 33 heavy (non-hydrogen) atoms. The molecule has 3 aromatic carbocycles. The van der Waals surface area contributed by atoms with Gasteiger partial charge in [-0.2, -0.15) is 0 Å². The van der Waals surface area contributed by atoms with Gasteiger partial charge in [-0.05, 0) is 48.0 Å². The summed E-state index contributed by atoms with van der Waals surface area (Å²) < 4.78 is 38.3. The van der Waals surface area contributed by atoms with Gasteiger partial charge in [0.05, 0.1) is 10.4 Å². The summed E-state index contributed by atoms with van der Waals surface area (Å²) in [5.41, 5.74) is 1.55. The van der Waals surface area contributed by atoms with Gasteiger partial charge >= 0.3 is 5.97 Å². The maximum absolute atomic E-state index is 13.0. The van der Waals surface area contributed by atoms with Crippen molar-refractivity contribution >= 4 is 26.9 Å². The summed E-state index contributed by atoms with van der Waals surface area (Å²) in [4.78, 5) is 11.3. The van der Waals surface area contributed by atoms with Crippen LogP contribution in [0.25, 0.3) is 10.9 Å². The van der Waals surface area contributed by atoms with E-state index in [4.69, 9.17) is 9.47 Å². The lowest BCUT2D eigenvalue weighted by molar-refractivity contribution is -0.131. The Kier molecular flexibility index (Phi) is 6.76. The SMILES string of the molecule is CC(=O)Oc1cccc(CNCCOc2cccc3c2ccn3S(=O)(=O)c2ccccc2)c1. The highest BCUT2D eigenvalue weighted by Crippen LogP contribution is 2.29. The van der Waals surface area contributed by atoms with E-state index >= 15 is 0 Å². The molecule has 8 heteroatoms. The van der Waals surface area contributed by atoms with Crippen LogP contribution >= 0.6 is 0 Å². The highest BCUT2D eigenvalue weighted by atomic mass is 32.2. The Labute approximate surface area is 192 Å². The van der Waals surface area contributed by atoms with Crippen LogP contribution in [-0.4, -0.2) is 31.5 Å². The van der Waals surface area contributed by atoms with Gasteiger partial charge in [-0.15, -0.1) is 0 Å². The molecule has 0 fully saturated rings. The number of nitrogens with one attached hydrogen (secondary N) is 1. The normalized spacial score (nSPS) is 11.4. The molecule has 0 spiro atoms. The predicted octanol–water partition coefficient (Wildman–Crippen LogP) is 3.97. The Balaban J connectivity index is 1.39. The molecule has 1 heterocycles.